The van der Waals surface area contributed by atoms with Gasteiger partial charge in [-0.3, -0.25) is 4.99 Å². The predicted molar refractivity (Wildman–Crippen MR) is 83.2 cm³/mol. The van der Waals surface area contributed by atoms with Gasteiger partial charge < -0.3 is 15.4 Å². The second kappa shape index (κ2) is 7.78. The Morgan fingerprint density at radius 1 is 1.25 bits per heavy atom. The van der Waals surface area contributed by atoms with Gasteiger partial charge in [-0.1, -0.05) is 25.0 Å². The van der Waals surface area contributed by atoms with Gasteiger partial charge in [0.2, 0.25) is 0 Å². The number of ether oxygens (including phenoxy) is 1. The van der Waals surface area contributed by atoms with Crippen LogP contribution < -0.4 is 10.5 Å². The molecular formula is C16H25N3O. The second-order valence-electron chi connectivity index (χ2n) is 5.24. The molecule has 0 bridgehead atoms. The zero-order valence-electron chi connectivity index (χ0n) is 12.3. The number of rotatable bonds is 4. The summed E-state index contributed by atoms with van der Waals surface area (Å²) in [6.07, 6.45) is 5.98. The molecule has 0 saturated carbocycles. The van der Waals surface area contributed by atoms with Crippen molar-refractivity contribution < 1.29 is 4.74 Å². The summed E-state index contributed by atoms with van der Waals surface area (Å²) < 4.78 is 5.22. The van der Waals surface area contributed by atoms with E-state index in [2.05, 4.69) is 22.0 Å². The van der Waals surface area contributed by atoms with Gasteiger partial charge in [0.25, 0.3) is 0 Å². The molecule has 1 aromatic rings. The average Bonchev–Trinajstić information content (AvgIpc) is 2.76. The number of aliphatic imine (C=N–C) groups is 1. The Morgan fingerprint density at radius 3 is 2.70 bits per heavy atom. The third-order valence-corrected chi connectivity index (χ3v) is 3.74. The molecular weight excluding hydrogens is 250 g/mol. The molecule has 0 atom stereocenters. The van der Waals surface area contributed by atoms with Crippen LogP contribution in [0.1, 0.15) is 31.2 Å². The van der Waals surface area contributed by atoms with Crippen molar-refractivity contribution in [1.29, 1.82) is 0 Å². The largest absolute Gasteiger partial charge is 0.497 e. The van der Waals surface area contributed by atoms with Crippen LogP contribution in [0.4, 0.5) is 0 Å². The van der Waals surface area contributed by atoms with E-state index in [1.807, 2.05) is 12.1 Å². The van der Waals surface area contributed by atoms with Crippen molar-refractivity contribution in [3.05, 3.63) is 29.8 Å². The number of guanidine groups is 1. The Labute approximate surface area is 121 Å². The van der Waals surface area contributed by atoms with E-state index in [0.717, 1.165) is 31.8 Å². The van der Waals surface area contributed by atoms with Crippen LogP contribution in [-0.4, -0.2) is 37.6 Å². The summed E-state index contributed by atoms with van der Waals surface area (Å²) in [6.45, 7) is 2.83. The highest BCUT2D eigenvalue weighted by Gasteiger charge is 2.10. The minimum absolute atomic E-state index is 0.704. The van der Waals surface area contributed by atoms with Crippen molar-refractivity contribution in [1.82, 2.24) is 4.90 Å². The van der Waals surface area contributed by atoms with Gasteiger partial charge in [0.1, 0.15) is 5.75 Å². The molecule has 2 rings (SSSR count). The first-order valence-electron chi connectivity index (χ1n) is 7.47. The number of hydrogen-bond acceptors (Lipinski definition) is 2. The topological polar surface area (TPSA) is 50.9 Å². The fourth-order valence-corrected chi connectivity index (χ4v) is 2.53. The van der Waals surface area contributed by atoms with Crippen LogP contribution in [-0.2, 0) is 6.42 Å². The number of methoxy groups -OCH3 is 1. The van der Waals surface area contributed by atoms with Crippen molar-refractivity contribution >= 4 is 5.96 Å². The zero-order chi connectivity index (χ0) is 14.2. The molecule has 0 spiro atoms. The summed E-state index contributed by atoms with van der Waals surface area (Å²) in [4.78, 5) is 6.74. The van der Waals surface area contributed by atoms with Gasteiger partial charge in [-0.2, -0.15) is 0 Å². The summed E-state index contributed by atoms with van der Waals surface area (Å²) in [6, 6.07) is 8.12. The fraction of sp³-hybridized carbons (Fsp3) is 0.562. The lowest BCUT2D eigenvalue weighted by molar-refractivity contribution is 0.414. The molecule has 1 fully saturated rings. The van der Waals surface area contributed by atoms with Gasteiger partial charge in [-0.05, 0) is 37.0 Å². The molecule has 0 amide bonds. The lowest BCUT2D eigenvalue weighted by Gasteiger charge is -2.21. The van der Waals surface area contributed by atoms with E-state index in [4.69, 9.17) is 10.5 Å². The van der Waals surface area contributed by atoms with E-state index >= 15 is 0 Å². The molecule has 1 aliphatic heterocycles. The molecule has 0 unspecified atom stereocenters. The predicted octanol–water partition coefficient (Wildman–Crippen LogP) is 2.43. The van der Waals surface area contributed by atoms with Crippen LogP contribution in [0.3, 0.4) is 0 Å². The fourth-order valence-electron chi connectivity index (χ4n) is 2.53. The average molecular weight is 275 g/mol. The molecule has 1 heterocycles. The normalized spacial score (nSPS) is 16.9. The Balaban J connectivity index is 1.84. The van der Waals surface area contributed by atoms with Gasteiger partial charge in [0.15, 0.2) is 5.96 Å². The zero-order valence-corrected chi connectivity index (χ0v) is 12.3. The number of nitrogens with two attached hydrogens (primary N) is 1. The maximum atomic E-state index is 6.09. The van der Waals surface area contributed by atoms with Crippen LogP contribution in [0.25, 0.3) is 0 Å². The van der Waals surface area contributed by atoms with Crippen LogP contribution in [0, 0.1) is 0 Å². The molecule has 2 N–H and O–H groups in total. The summed E-state index contributed by atoms with van der Waals surface area (Å²) in [5, 5.41) is 0. The van der Waals surface area contributed by atoms with Crippen LogP contribution in [0.5, 0.6) is 5.75 Å². The van der Waals surface area contributed by atoms with Crippen molar-refractivity contribution in [2.75, 3.05) is 26.7 Å². The molecule has 110 valence electrons. The minimum Gasteiger partial charge on any atom is -0.497 e. The second-order valence-corrected chi connectivity index (χ2v) is 5.24. The summed E-state index contributed by atoms with van der Waals surface area (Å²) >= 11 is 0. The maximum absolute atomic E-state index is 6.09. The maximum Gasteiger partial charge on any atom is 0.191 e. The summed E-state index contributed by atoms with van der Waals surface area (Å²) in [5.41, 5.74) is 7.32. The van der Waals surface area contributed by atoms with E-state index in [9.17, 15) is 0 Å². The lowest BCUT2D eigenvalue weighted by atomic mass is 10.1. The Kier molecular flexibility index (Phi) is 5.71. The number of nitrogens with zero attached hydrogens (tertiary/aromatic N) is 2. The highest BCUT2D eigenvalue weighted by Crippen LogP contribution is 2.13. The molecule has 0 aliphatic carbocycles. The Hall–Kier alpha value is -1.71. The van der Waals surface area contributed by atoms with Crippen molar-refractivity contribution in [2.45, 2.75) is 32.1 Å². The molecule has 1 saturated heterocycles. The smallest absolute Gasteiger partial charge is 0.191 e. The van der Waals surface area contributed by atoms with E-state index < -0.39 is 0 Å². The van der Waals surface area contributed by atoms with Gasteiger partial charge >= 0.3 is 0 Å². The third kappa shape index (κ3) is 4.44. The van der Waals surface area contributed by atoms with Crippen LogP contribution in [0.15, 0.2) is 29.3 Å². The summed E-state index contributed by atoms with van der Waals surface area (Å²) in [7, 11) is 1.69. The van der Waals surface area contributed by atoms with Gasteiger partial charge in [0, 0.05) is 19.6 Å². The first kappa shape index (κ1) is 14.7. The molecule has 0 aromatic heterocycles. The number of hydrogen-bond donors (Lipinski definition) is 1. The van der Waals surface area contributed by atoms with E-state index in [1.165, 1.54) is 31.2 Å². The quantitative estimate of drug-likeness (QED) is 0.678. The van der Waals surface area contributed by atoms with Crippen LogP contribution in [0.2, 0.25) is 0 Å². The first-order valence-corrected chi connectivity index (χ1v) is 7.47. The van der Waals surface area contributed by atoms with Crippen molar-refractivity contribution in [2.24, 2.45) is 10.7 Å². The standard InChI is InChI=1S/C16H25N3O/c1-20-15-8-6-7-14(13-15)9-10-18-16(17)19-11-4-2-3-5-12-19/h6-8,13H,2-5,9-12H2,1H3,(H2,17,18). The molecule has 20 heavy (non-hydrogen) atoms. The molecule has 4 heteroatoms. The van der Waals surface area contributed by atoms with Crippen molar-refractivity contribution in [3.63, 3.8) is 0 Å². The SMILES string of the molecule is COc1cccc(CCN=C(N)N2CCCCCC2)c1. The van der Waals surface area contributed by atoms with E-state index in [0.29, 0.717) is 5.96 Å². The van der Waals surface area contributed by atoms with Gasteiger partial charge in [-0.25, -0.2) is 0 Å². The van der Waals surface area contributed by atoms with Gasteiger partial charge in [0.05, 0.1) is 7.11 Å². The van der Waals surface area contributed by atoms with Crippen molar-refractivity contribution in [3.8, 4) is 5.75 Å². The van der Waals surface area contributed by atoms with Crippen LogP contribution >= 0.6 is 0 Å². The van der Waals surface area contributed by atoms with E-state index in [-0.39, 0.29) is 0 Å². The third-order valence-electron chi connectivity index (χ3n) is 3.74. The molecule has 4 nitrogen and oxygen atoms in total. The number of likely N-dealkylation sites (tertiary alicyclic amines) is 1. The Bertz CT molecular complexity index is 437. The number of benzene rings is 1. The highest BCUT2D eigenvalue weighted by atomic mass is 16.5. The first-order chi connectivity index (χ1) is 9.79. The Morgan fingerprint density at radius 2 is 2.00 bits per heavy atom. The monoisotopic (exact) mass is 275 g/mol. The van der Waals surface area contributed by atoms with E-state index in [1.54, 1.807) is 7.11 Å². The molecule has 0 radical (unpaired) electrons. The molecule has 1 aromatic carbocycles. The lowest BCUT2D eigenvalue weighted by Crippen LogP contribution is -2.38. The van der Waals surface area contributed by atoms with Gasteiger partial charge in [-0.15, -0.1) is 0 Å². The minimum atomic E-state index is 0.704. The summed E-state index contributed by atoms with van der Waals surface area (Å²) in [5.74, 6) is 1.60. The molecule has 1 aliphatic rings. The highest BCUT2D eigenvalue weighted by molar-refractivity contribution is 5.78.